The smallest absolute Gasteiger partial charge is 0.190 e. The van der Waals surface area contributed by atoms with Crippen LogP contribution in [0, 0.1) is 11.8 Å². The van der Waals surface area contributed by atoms with Crippen molar-refractivity contribution in [2.45, 2.75) is 46.5 Å². The van der Waals surface area contributed by atoms with Crippen LogP contribution in [0.15, 0.2) is 4.99 Å². The third kappa shape index (κ3) is 10.3. The highest BCUT2D eigenvalue weighted by molar-refractivity contribution is 14.0. The van der Waals surface area contributed by atoms with E-state index < -0.39 is 0 Å². The number of likely N-dealkylation sites (tertiary alicyclic amines) is 1. The molecule has 0 aromatic rings. The van der Waals surface area contributed by atoms with Crippen molar-refractivity contribution in [3.63, 3.8) is 0 Å². The van der Waals surface area contributed by atoms with Gasteiger partial charge in [0.1, 0.15) is 0 Å². The van der Waals surface area contributed by atoms with E-state index in [-0.39, 0.29) is 24.0 Å². The summed E-state index contributed by atoms with van der Waals surface area (Å²) in [6.45, 7) is 12.6. The zero-order chi connectivity index (χ0) is 14.8. The second-order valence-electron chi connectivity index (χ2n) is 6.53. The maximum atomic E-state index is 4.29. The van der Waals surface area contributed by atoms with Gasteiger partial charge in [-0.05, 0) is 50.6 Å². The van der Waals surface area contributed by atoms with E-state index in [0.717, 1.165) is 25.0 Å². The molecule has 1 aliphatic rings. The Balaban J connectivity index is 0.00000400. The number of nitrogens with one attached hydrogen (secondary N) is 2. The van der Waals surface area contributed by atoms with Crippen LogP contribution in [0.1, 0.15) is 46.5 Å². The molecule has 0 aliphatic carbocycles. The molecule has 1 atom stereocenters. The van der Waals surface area contributed by atoms with Gasteiger partial charge in [0, 0.05) is 26.7 Å². The normalized spacial score (nSPS) is 17.7. The molecule has 126 valence electrons. The van der Waals surface area contributed by atoms with Gasteiger partial charge in [-0.1, -0.05) is 20.8 Å². The Hall–Kier alpha value is -0.0400. The lowest BCUT2D eigenvalue weighted by Gasteiger charge is -2.21. The van der Waals surface area contributed by atoms with Crippen LogP contribution < -0.4 is 10.6 Å². The fourth-order valence-corrected chi connectivity index (χ4v) is 2.68. The van der Waals surface area contributed by atoms with E-state index in [0.29, 0.717) is 5.92 Å². The molecule has 1 heterocycles. The molecular formula is C16H35IN4. The lowest BCUT2D eigenvalue weighted by atomic mass is 10.1. The van der Waals surface area contributed by atoms with Crippen molar-refractivity contribution in [1.82, 2.24) is 15.5 Å². The van der Waals surface area contributed by atoms with Gasteiger partial charge in [-0.3, -0.25) is 4.99 Å². The van der Waals surface area contributed by atoms with Gasteiger partial charge in [0.2, 0.25) is 0 Å². The highest BCUT2D eigenvalue weighted by Gasteiger charge is 2.14. The molecule has 1 fully saturated rings. The summed E-state index contributed by atoms with van der Waals surface area (Å²) in [5.41, 5.74) is 0. The molecule has 0 amide bonds. The van der Waals surface area contributed by atoms with E-state index in [1.165, 1.54) is 45.3 Å². The minimum Gasteiger partial charge on any atom is -0.356 e. The van der Waals surface area contributed by atoms with Crippen molar-refractivity contribution >= 4 is 29.9 Å². The van der Waals surface area contributed by atoms with Gasteiger partial charge >= 0.3 is 0 Å². The van der Waals surface area contributed by atoms with E-state index in [9.17, 15) is 0 Å². The topological polar surface area (TPSA) is 39.7 Å². The minimum atomic E-state index is 0. The lowest BCUT2D eigenvalue weighted by Crippen LogP contribution is -2.41. The summed E-state index contributed by atoms with van der Waals surface area (Å²) in [5.74, 6) is 2.40. The SMILES string of the molecule is CN=C(NCCCC(C)C)NCC(C)CN1CCCC1.I. The standard InChI is InChI=1S/C16H34N4.HI/c1-14(2)8-7-9-18-16(17-4)19-12-15(3)13-20-10-5-6-11-20;/h14-15H,5-13H2,1-4H3,(H2,17,18,19);1H. The molecule has 1 aliphatic heterocycles. The third-order valence-corrected chi connectivity index (χ3v) is 3.86. The van der Waals surface area contributed by atoms with Gasteiger partial charge in [-0.2, -0.15) is 0 Å². The molecule has 0 spiro atoms. The summed E-state index contributed by atoms with van der Waals surface area (Å²) in [4.78, 5) is 6.86. The second-order valence-corrected chi connectivity index (χ2v) is 6.53. The molecule has 2 N–H and O–H groups in total. The van der Waals surface area contributed by atoms with Crippen LogP contribution >= 0.6 is 24.0 Å². The van der Waals surface area contributed by atoms with Crippen molar-refractivity contribution in [2.75, 3.05) is 39.8 Å². The highest BCUT2D eigenvalue weighted by atomic mass is 127. The van der Waals surface area contributed by atoms with E-state index in [4.69, 9.17) is 0 Å². The molecule has 0 radical (unpaired) electrons. The summed E-state index contributed by atoms with van der Waals surface area (Å²) >= 11 is 0. The van der Waals surface area contributed by atoms with Crippen molar-refractivity contribution in [3.8, 4) is 0 Å². The number of nitrogens with zero attached hydrogens (tertiary/aromatic N) is 2. The van der Waals surface area contributed by atoms with E-state index in [1.54, 1.807) is 0 Å². The molecule has 5 heteroatoms. The largest absolute Gasteiger partial charge is 0.356 e. The number of halogens is 1. The third-order valence-electron chi connectivity index (χ3n) is 3.86. The molecule has 1 saturated heterocycles. The fourth-order valence-electron chi connectivity index (χ4n) is 2.68. The van der Waals surface area contributed by atoms with Crippen molar-refractivity contribution in [2.24, 2.45) is 16.8 Å². The number of aliphatic imine (C=N–C) groups is 1. The number of hydrogen-bond donors (Lipinski definition) is 2. The molecule has 0 bridgehead atoms. The monoisotopic (exact) mass is 410 g/mol. The first-order valence-corrected chi connectivity index (χ1v) is 8.28. The van der Waals surface area contributed by atoms with Crippen LogP contribution in [0.2, 0.25) is 0 Å². The molecule has 21 heavy (non-hydrogen) atoms. The molecular weight excluding hydrogens is 375 g/mol. The van der Waals surface area contributed by atoms with Crippen LogP contribution in [0.25, 0.3) is 0 Å². The van der Waals surface area contributed by atoms with Gasteiger partial charge in [0.25, 0.3) is 0 Å². The van der Waals surface area contributed by atoms with Gasteiger partial charge in [-0.25, -0.2) is 0 Å². The summed E-state index contributed by atoms with van der Waals surface area (Å²) in [5, 5.41) is 6.84. The Morgan fingerprint density at radius 2 is 1.81 bits per heavy atom. The molecule has 0 saturated carbocycles. The van der Waals surface area contributed by atoms with Crippen LogP contribution in [-0.4, -0.2) is 50.6 Å². The second kappa shape index (κ2) is 12.5. The predicted molar refractivity (Wildman–Crippen MR) is 104 cm³/mol. The summed E-state index contributed by atoms with van der Waals surface area (Å²) in [7, 11) is 1.85. The van der Waals surface area contributed by atoms with Crippen LogP contribution in [0.5, 0.6) is 0 Å². The molecule has 1 unspecified atom stereocenters. The van der Waals surface area contributed by atoms with E-state index in [1.807, 2.05) is 7.05 Å². The first-order valence-electron chi connectivity index (χ1n) is 8.28. The fraction of sp³-hybridized carbons (Fsp3) is 0.938. The summed E-state index contributed by atoms with van der Waals surface area (Å²) in [6, 6.07) is 0. The minimum absolute atomic E-state index is 0. The first kappa shape index (κ1) is 21.0. The quantitative estimate of drug-likeness (QED) is 0.280. The Morgan fingerprint density at radius 1 is 1.14 bits per heavy atom. The Kier molecular flexibility index (Phi) is 12.5. The average molecular weight is 410 g/mol. The van der Waals surface area contributed by atoms with E-state index >= 15 is 0 Å². The average Bonchev–Trinajstić information content (AvgIpc) is 2.90. The maximum Gasteiger partial charge on any atom is 0.190 e. The summed E-state index contributed by atoms with van der Waals surface area (Å²) in [6.07, 6.45) is 5.23. The Morgan fingerprint density at radius 3 is 2.38 bits per heavy atom. The van der Waals surface area contributed by atoms with Crippen LogP contribution in [0.3, 0.4) is 0 Å². The zero-order valence-electron chi connectivity index (χ0n) is 14.3. The first-order chi connectivity index (χ1) is 9.61. The maximum absolute atomic E-state index is 4.29. The van der Waals surface area contributed by atoms with Gasteiger partial charge in [-0.15, -0.1) is 24.0 Å². The molecule has 1 rings (SSSR count). The predicted octanol–water partition coefficient (Wildman–Crippen LogP) is 2.94. The van der Waals surface area contributed by atoms with E-state index in [2.05, 4.69) is 41.3 Å². The van der Waals surface area contributed by atoms with Crippen LogP contribution in [-0.2, 0) is 0 Å². The van der Waals surface area contributed by atoms with Gasteiger partial charge in [0.15, 0.2) is 5.96 Å². The van der Waals surface area contributed by atoms with Crippen molar-refractivity contribution in [3.05, 3.63) is 0 Å². The zero-order valence-corrected chi connectivity index (χ0v) is 16.7. The molecule has 0 aromatic carbocycles. The Labute approximate surface area is 148 Å². The Bertz CT molecular complexity index is 275. The van der Waals surface area contributed by atoms with Crippen molar-refractivity contribution < 1.29 is 0 Å². The molecule has 4 nitrogen and oxygen atoms in total. The van der Waals surface area contributed by atoms with Crippen LogP contribution in [0.4, 0.5) is 0 Å². The highest BCUT2D eigenvalue weighted by Crippen LogP contribution is 2.09. The molecule has 0 aromatic heterocycles. The number of rotatable bonds is 8. The van der Waals surface area contributed by atoms with Crippen molar-refractivity contribution in [1.29, 1.82) is 0 Å². The van der Waals surface area contributed by atoms with Gasteiger partial charge < -0.3 is 15.5 Å². The summed E-state index contributed by atoms with van der Waals surface area (Å²) < 4.78 is 0. The number of hydrogen-bond acceptors (Lipinski definition) is 2. The van der Waals surface area contributed by atoms with Gasteiger partial charge in [0.05, 0.1) is 0 Å². The lowest BCUT2D eigenvalue weighted by molar-refractivity contribution is 0.287. The number of guanidine groups is 1.